The van der Waals surface area contributed by atoms with Crippen LogP contribution in [-0.4, -0.2) is 59.7 Å². The second kappa shape index (κ2) is 11.0. The Morgan fingerprint density at radius 2 is 1.83 bits per heavy atom. The summed E-state index contributed by atoms with van der Waals surface area (Å²) in [6.45, 7) is 15.7. The van der Waals surface area contributed by atoms with Crippen molar-refractivity contribution in [2.24, 2.45) is 11.8 Å². The van der Waals surface area contributed by atoms with Gasteiger partial charge < -0.3 is 14.4 Å². The number of piperazine rings is 1. The van der Waals surface area contributed by atoms with Crippen LogP contribution in [0.4, 0.5) is 5.95 Å². The van der Waals surface area contributed by atoms with E-state index >= 15 is 0 Å². The molecule has 0 spiro atoms. The molecule has 216 valence electrons. The molecule has 4 aromatic heterocycles. The van der Waals surface area contributed by atoms with Crippen molar-refractivity contribution in [2.75, 3.05) is 18.0 Å². The van der Waals surface area contributed by atoms with Gasteiger partial charge in [-0.2, -0.15) is 0 Å². The maximum Gasteiger partial charge on any atom is 0.439 e. The van der Waals surface area contributed by atoms with E-state index in [1.54, 1.807) is 12.4 Å². The number of halogens is 1. The molecule has 10 nitrogen and oxygen atoms in total. The third-order valence-corrected chi connectivity index (χ3v) is 8.84. The Hall–Kier alpha value is -3.66. The van der Waals surface area contributed by atoms with Crippen LogP contribution < -0.4 is 10.7 Å². The SMILES string of the molecule is C=C(C)N1C[C@@H](C)N(c2nc3cc(-c4noc(=O)[nH]4)nc(-c4cncc(Cl)c4)c3n2CC2CCC(C)CC2)[C@H](C)C1. The van der Waals surface area contributed by atoms with E-state index in [4.69, 9.17) is 26.1 Å². The van der Waals surface area contributed by atoms with Crippen molar-refractivity contribution in [1.82, 2.24) is 34.6 Å². The van der Waals surface area contributed by atoms with Crippen LogP contribution in [0.25, 0.3) is 33.8 Å². The van der Waals surface area contributed by atoms with Gasteiger partial charge in [0.15, 0.2) is 0 Å². The zero-order valence-electron chi connectivity index (χ0n) is 24.1. The third kappa shape index (κ3) is 5.37. The number of imidazole rings is 1. The Kier molecular flexibility index (Phi) is 7.36. The van der Waals surface area contributed by atoms with Gasteiger partial charge in [0.25, 0.3) is 0 Å². The molecule has 0 radical (unpaired) electrons. The van der Waals surface area contributed by atoms with E-state index in [0.717, 1.165) is 53.8 Å². The molecule has 0 amide bonds. The number of hydrogen-bond donors (Lipinski definition) is 1. The van der Waals surface area contributed by atoms with Crippen LogP contribution in [0.2, 0.25) is 5.02 Å². The Bertz CT molecular complexity index is 1620. The molecule has 0 unspecified atom stereocenters. The predicted octanol–water partition coefficient (Wildman–Crippen LogP) is 5.75. The number of pyridine rings is 2. The van der Waals surface area contributed by atoms with Gasteiger partial charge in [0.1, 0.15) is 5.69 Å². The number of nitrogens with zero attached hydrogens (tertiary/aromatic N) is 7. The molecule has 6 rings (SSSR count). The summed E-state index contributed by atoms with van der Waals surface area (Å²) < 4.78 is 7.18. The molecule has 1 saturated heterocycles. The highest BCUT2D eigenvalue weighted by molar-refractivity contribution is 6.30. The molecule has 1 N–H and O–H groups in total. The minimum Gasteiger partial charge on any atom is -0.371 e. The van der Waals surface area contributed by atoms with Gasteiger partial charge in [-0.3, -0.25) is 14.5 Å². The molecule has 2 aliphatic rings. The summed E-state index contributed by atoms with van der Waals surface area (Å²) in [5, 5.41) is 4.42. The van der Waals surface area contributed by atoms with Gasteiger partial charge in [0.05, 0.1) is 21.7 Å². The van der Waals surface area contributed by atoms with Crippen LogP contribution in [0.5, 0.6) is 0 Å². The van der Waals surface area contributed by atoms with E-state index in [0.29, 0.717) is 22.3 Å². The fourth-order valence-electron chi connectivity index (χ4n) is 6.52. The first kappa shape index (κ1) is 27.5. The summed E-state index contributed by atoms with van der Waals surface area (Å²) in [5.41, 5.74) is 4.72. The summed E-state index contributed by atoms with van der Waals surface area (Å²) in [4.78, 5) is 33.9. The number of rotatable bonds is 6. The molecule has 0 aromatic carbocycles. The zero-order valence-corrected chi connectivity index (χ0v) is 24.9. The highest BCUT2D eigenvalue weighted by Crippen LogP contribution is 2.38. The van der Waals surface area contributed by atoms with Crippen LogP contribution >= 0.6 is 11.6 Å². The maximum absolute atomic E-state index is 11.8. The lowest BCUT2D eigenvalue weighted by Gasteiger charge is -2.46. The first-order valence-electron chi connectivity index (χ1n) is 14.4. The predicted molar refractivity (Wildman–Crippen MR) is 161 cm³/mol. The molecular weight excluding hydrogens is 540 g/mol. The summed E-state index contributed by atoms with van der Waals surface area (Å²) in [7, 11) is 0. The van der Waals surface area contributed by atoms with E-state index in [-0.39, 0.29) is 17.9 Å². The van der Waals surface area contributed by atoms with Crippen molar-refractivity contribution < 1.29 is 4.52 Å². The average Bonchev–Trinajstić information content (AvgIpc) is 3.52. The lowest BCUT2D eigenvalue weighted by atomic mass is 9.83. The molecular formula is C30H37ClN8O2. The van der Waals surface area contributed by atoms with E-state index < -0.39 is 5.76 Å². The minimum absolute atomic E-state index is 0.216. The van der Waals surface area contributed by atoms with Crippen LogP contribution in [0.3, 0.4) is 0 Å². The van der Waals surface area contributed by atoms with Gasteiger partial charge in [-0.25, -0.2) is 14.8 Å². The molecule has 0 bridgehead atoms. The standard InChI is InChI=1S/C30H37ClN8O2/c1-17(2)37-14-19(4)39(20(5)15-37)29-34-24-11-25(28-35-30(40)41-36-28)33-26(22-10-23(31)13-32-12-22)27(24)38(29)16-21-8-6-18(3)7-9-21/h10-13,18-21H,1,6-9,14-16H2,2-5H3,(H,35,36,40)/t18?,19-,20-,21?/m1/s1. The van der Waals surface area contributed by atoms with Crippen LogP contribution in [0.1, 0.15) is 53.4 Å². The molecule has 1 aliphatic carbocycles. The third-order valence-electron chi connectivity index (χ3n) is 8.63. The number of aromatic nitrogens is 6. The van der Waals surface area contributed by atoms with Gasteiger partial charge in [-0.15, -0.1) is 0 Å². The van der Waals surface area contributed by atoms with Gasteiger partial charge in [0, 0.05) is 55.4 Å². The average molecular weight is 577 g/mol. The van der Waals surface area contributed by atoms with Crippen LogP contribution in [-0.2, 0) is 6.54 Å². The quantitative estimate of drug-likeness (QED) is 0.309. The Balaban J connectivity index is 1.57. The number of fused-ring (bicyclic) bond motifs is 1. The molecule has 2 atom stereocenters. The molecule has 1 saturated carbocycles. The fourth-order valence-corrected chi connectivity index (χ4v) is 6.69. The number of hydrogen-bond acceptors (Lipinski definition) is 8. The molecule has 11 heteroatoms. The fraction of sp³-hybridized carbons (Fsp3) is 0.500. The topological polar surface area (TPSA) is 109 Å². The number of nitrogens with one attached hydrogen (secondary N) is 1. The highest BCUT2D eigenvalue weighted by atomic mass is 35.5. The Morgan fingerprint density at radius 1 is 1.10 bits per heavy atom. The lowest BCUT2D eigenvalue weighted by molar-refractivity contribution is 0.240. The largest absolute Gasteiger partial charge is 0.439 e. The van der Waals surface area contributed by atoms with Gasteiger partial charge >= 0.3 is 5.76 Å². The minimum atomic E-state index is -0.636. The first-order valence-corrected chi connectivity index (χ1v) is 14.8. The number of aromatic amines is 1. The summed E-state index contributed by atoms with van der Waals surface area (Å²) >= 11 is 6.41. The van der Waals surface area contributed by atoms with Gasteiger partial charge in [-0.05, 0) is 57.6 Å². The highest BCUT2D eigenvalue weighted by Gasteiger charge is 2.34. The first-order chi connectivity index (χ1) is 19.7. The second-order valence-corrected chi connectivity index (χ2v) is 12.4. The maximum atomic E-state index is 11.8. The molecule has 41 heavy (non-hydrogen) atoms. The summed E-state index contributed by atoms with van der Waals surface area (Å²) in [6.07, 6.45) is 8.23. The smallest absolute Gasteiger partial charge is 0.371 e. The van der Waals surface area contributed by atoms with E-state index in [9.17, 15) is 4.79 Å². The summed E-state index contributed by atoms with van der Waals surface area (Å²) in [6, 6.07) is 4.18. The van der Waals surface area contributed by atoms with E-state index in [2.05, 4.69) is 63.8 Å². The normalized spacial score (nSPS) is 23.3. The molecule has 1 aliphatic heterocycles. The van der Waals surface area contributed by atoms with E-state index in [1.807, 2.05) is 12.1 Å². The van der Waals surface area contributed by atoms with Crippen molar-refractivity contribution in [3.63, 3.8) is 0 Å². The molecule has 5 heterocycles. The molecule has 2 fully saturated rings. The van der Waals surface area contributed by atoms with Crippen LogP contribution in [0.15, 0.2) is 46.1 Å². The Morgan fingerprint density at radius 3 is 2.46 bits per heavy atom. The van der Waals surface area contributed by atoms with Crippen molar-refractivity contribution in [3.8, 4) is 22.8 Å². The zero-order chi connectivity index (χ0) is 28.8. The monoisotopic (exact) mass is 576 g/mol. The summed E-state index contributed by atoms with van der Waals surface area (Å²) in [5.74, 6) is 1.86. The van der Waals surface area contributed by atoms with Crippen LogP contribution in [0, 0.1) is 11.8 Å². The van der Waals surface area contributed by atoms with Crippen molar-refractivity contribution >= 4 is 28.6 Å². The Labute approximate surface area is 244 Å². The number of H-pyrrole nitrogens is 1. The van der Waals surface area contributed by atoms with E-state index in [1.165, 1.54) is 25.7 Å². The van der Waals surface area contributed by atoms with Crippen molar-refractivity contribution in [1.29, 1.82) is 0 Å². The lowest BCUT2D eigenvalue weighted by Crippen LogP contribution is -2.57. The number of allylic oxidation sites excluding steroid dienone is 1. The van der Waals surface area contributed by atoms with Crippen molar-refractivity contribution in [3.05, 3.63) is 52.4 Å². The van der Waals surface area contributed by atoms with Gasteiger partial charge in [-0.1, -0.05) is 43.1 Å². The second-order valence-electron chi connectivity index (χ2n) is 12.0. The van der Waals surface area contributed by atoms with Gasteiger partial charge in [0.2, 0.25) is 11.8 Å². The molecule has 4 aromatic rings. The number of anilines is 1. The van der Waals surface area contributed by atoms with Crippen molar-refractivity contribution in [2.45, 2.75) is 72.0 Å².